The van der Waals surface area contributed by atoms with Gasteiger partial charge in [0.2, 0.25) is 0 Å². The van der Waals surface area contributed by atoms with Crippen molar-refractivity contribution in [2.24, 2.45) is 5.92 Å². The van der Waals surface area contributed by atoms with Gasteiger partial charge in [-0.25, -0.2) is 0 Å². The van der Waals surface area contributed by atoms with Crippen LogP contribution in [0.15, 0.2) is 66.7 Å². The van der Waals surface area contributed by atoms with E-state index in [0.29, 0.717) is 16.8 Å². The Morgan fingerprint density at radius 2 is 1.68 bits per heavy atom. The van der Waals surface area contributed by atoms with Gasteiger partial charge in [0.05, 0.1) is 11.8 Å². The van der Waals surface area contributed by atoms with Crippen LogP contribution >= 0.6 is 0 Å². The molecule has 37 heavy (non-hydrogen) atoms. The highest BCUT2D eigenvalue weighted by Crippen LogP contribution is 2.26. The molecule has 1 atom stereocenters. The standard InChI is InChI=1S/C31H38N4O2/c1-20(2)30(26-8-6-5-7-21(26)3)34-31(36)23-11-14-28(32)27(19-23)29(33)22-9-12-24(13-10-22)37-25-15-17-35(4)18-16-25/h5-14,19-20,25,30,33H,15-18,32H2,1-4H3,(H,34,36). The van der Waals surface area contributed by atoms with Crippen LogP contribution in [0.2, 0.25) is 0 Å². The van der Waals surface area contributed by atoms with Crippen LogP contribution in [0.4, 0.5) is 5.69 Å². The number of hydrogen-bond acceptors (Lipinski definition) is 5. The van der Waals surface area contributed by atoms with E-state index in [1.54, 1.807) is 18.2 Å². The monoisotopic (exact) mass is 498 g/mol. The molecule has 1 aliphatic rings. The van der Waals surface area contributed by atoms with E-state index < -0.39 is 0 Å². The first kappa shape index (κ1) is 26.4. The Labute approximate surface area is 220 Å². The van der Waals surface area contributed by atoms with E-state index >= 15 is 0 Å². The van der Waals surface area contributed by atoms with Crippen LogP contribution in [0.5, 0.6) is 5.75 Å². The fourth-order valence-electron chi connectivity index (χ4n) is 4.83. The van der Waals surface area contributed by atoms with E-state index in [9.17, 15) is 4.79 Å². The average Bonchev–Trinajstić information content (AvgIpc) is 2.89. The molecule has 3 aromatic carbocycles. The molecule has 0 saturated carbocycles. The number of benzene rings is 3. The molecular formula is C31H38N4O2. The number of anilines is 1. The van der Waals surface area contributed by atoms with Crippen molar-refractivity contribution in [1.29, 1.82) is 5.41 Å². The van der Waals surface area contributed by atoms with Crippen LogP contribution < -0.4 is 15.8 Å². The van der Waals surface area contributed by atoms with Gasteiger partial charge in [0.15, 0.2) is 0 Å². The Morgan fingerprint density at radius 1 is 1.03 bits per heavy atom. The number of nitrogens with one attached hydrogen (secondary N) is 2. The molecule has 6 heteroatoms. The Hall–Kier alpha value is -3.64. The number of nitrogens with zero attached hydrogens (tertiary/aromatic N) is 1. The highest BCUT2D eigenvalue weighted by Gasteiger charge is 2.22. The Morgan fingerprint density at radius 3 is 2.32 bits per heavy atom. The summed E-state index contributed by atoms with van der Waals surface area (Å²) in [6, 6.07) is 20.7. The molecule has 1 heterocycles. The molecule has 0 aromatic heterocycles. The zero-order valence-electron chi connectivity index (χ0n) is 22.3. The van der Waals surface area contributed by atoms with Crippen molar-refractivity contribution in [3.8, 4) is 5.75 Å². The van der Waals surface area contributed by atoms with Gasteiger partial charge in [-0.15, -0.1) is 0 Å². The quantitative estimate of drug-likeness (QED) is 0.279. The predicted molar refractivity (Wildman–Crippen MR) is 151 cm³/mol. The van der Waals surface area contributed by atoms with Gasteiger partial charge in [-0.3, -0.25) is 10.2 Å². The number of aryl methyl sites for hydroxylation is 1. The third kappa shape index (κ3) is 6.38. The van der Waals surface area contributed by atoms with E-state index in [0.717, 1.165) is 48.4 Å². The summed E-state index contributed by atoms with van der Waals surface area (Å²) in [6.07, 6.45) is 2.25. The lowest BCUT2D eigenvalue weighted by atomic mass is 9.92. The molecule has 3 aromatic rings. The molecule has 0 bridgehead atoms. The highest BCUT2D eigenvalue weighted by molar-refractivity contribution is 6.14. The van der Waals surface area contributed by atoms with Crippen LogP contribution in [0, 0.1) is 18.3 Å². The molecule has 0 radical (unpaired) electrons. The number of piperidine rings is 1. The van der Waals surface area contributed by atoms with Crippen molar-refractivity contribution in [2.45, 2.75) is 45.8 Å². The Bertz CT molecular complexity index is 1240. The van der Waals surface area contributed by atoms with E-state index in [2.05, 4.69) is 50.2 Å². The largest absolute Gasteiger partial charge is 0.490 e. The lowest BCUT2D eigenvalue weighted by molar-refractivity contribution is 0.0925. The predicted octanol–water partition coefficient (Wildman–Crippen LogP) is 5.59. The van der Waals surface area contributed by atoms with Crippen LogP contribution in [-0.2, 0) is 0 Å². The maximum atomic E-state index is 13.3. The summed E-state index contributed by atoms with van der Waals surface area (Å²) in [7, 11) is 2.13. The van der Waals surface area contributed by atoms with Gasteiger partial charge in [0.25, 0.3) is 5.91 Å². The van der Waals surface area contributed by atoms with Gasteiger partial charge in [0, 0.05) is 35.5 Å². The van der Waals surface area contributed by atoms with E-state index in [1.165, 1.54) is 0 Å². The first-order chi connectivity index (χ1) is 17.7. The van der Waals surface area contributed by atoms with Crippen molar-refractivity contribution in [3.63, 3.8) is 0 Å². The number of carbonyl (C=O) groups is 1. The van der Waals surface area contributed by atoms with Crippen molar-refractivity contribution in [2.75, 3.05) is 25.9 Å². The number of rotatable bonds is 8. The lowest BCUT2D eigenvalue weighted by Gasteiger charge is -2.29. The summed E-state index contributed by atoms with van der Waals surface area (Å²) >= 11 is 0. The third-order valence-corrected chi connectivity index (χ3v) is 7.17. The fraction of sp³-hybridized carbons (Fsp3) is 0.355. The van der Waals surface area contributed by atoms with Crippen LogP contribution in [-0.4, -0.2) is 42.8 Å². The molecule has 194 valence electrons. The molecule has 1 saturated heterocycles. The summed E-state index contributed by atoms with van der Waals surface area (Å²) in [5.41, 5.74) is 11.0. The zero-order valence-corrected chi connectivity index (χ0v) is 22.3. The van der Waals surface area contributed by atoms with Crippen LogP contribution in [0.25, 0.3) is 0 Å². The number of carbonyl (C=O) groups excluding carboxylic acids is 1. The Balaban J connectivity index is 1.49. The first-order valence-electron chi connectivity index (χ1n) is 13.0. The summed E-state index contributed by atoms with van der Waals surface area (Å²) in [6.45, 7) is 8.34. The number of nitrogen functional groups attached to an aromatic ring is 1. The lowest BCUT2D eigenvalue weighted by Crippen LogP contribution is -2.35. The second-order valence-corrected chi connectivity index (χ2v) is 10.4. The van der Waals surface area contributed by atoms with Crippen molar-refractivity contribution < 1.29 is 9.53 Å². The summed E-state index contributed by atoms with van der Waals surface area (Å²) < 4.78 is 6.14. The molecule has 6 nitrogen and oxygen atoms in total. The van der Waals surface area contributed by atoms with E-state index in [4.69, 9.17) is 15.9 Å². The minimum atomic E-state index is -0.183. The number of amides is 1. The van der Waals surface area contributed by atoms with Gasteiger partial charge in [-0.2, -0.15) is 0 Å². The van der Waals surface area contributed by atoms with Gasteiger partial charge < -0.3 is 20.7 Å². The topological polar surface area (TPSA) is 91.4 Å². The van der Waals surface area contributed by atoms with Gasteiger partial charge in [-0.1, -0.05) is 38.1 Å². The van der Waals surface area contributed by atoms with Crippen LogP contribution in [0.3, 0.4) is 0 Å². The number of hydrogen-bond donors (Lipinski definition) is 3. The maximum absolute atomic E-state index is 13.3. The molecule has 1 amide bonds. The summed E-state index contributed by atoms with van der Waals surface area (Å²) in [5.74, 6) is 0.841. The van der Waals surface area contributed by atoms with E-state index in [1.807, 2.05) is 36.4 Å². The minimum absolute atomic E-state index is 0.119. The normalized spacial score (nSPS) is 15.4. The molecular weight excluding hydrogens is 460 g/mol. The SMILES string of the molecule is Cc1ccccc1C(NC(=O)c1ccc(N)c(C(=N)c2ccc(OC3CCN(C)CC3)cc2)c1)C(C)C. The van der Waals surface area contributed by atoms with Crippen LogP contribution in [0.1, 0.15) is 65.3 Å². The summed E-state index contributed by atoms with van der Waals surface area (Å²) in [4.78, 5) is 15.6. The maximum Gasteiger partial charge on any atom is 0.251 e. The molecule has 4 rings (SSSR count). The highest BCUT2D eigenvalue weighted by atomic mass is 16.5. The Kier molecular flexibility index (Phi) is 8.29. The first-order valence-corrected chi connectivity index (χ1v) is 13.0. The molecule has 1 unspecified atom stereocenters. The smallest absolute Gasteiger partial charge is 0.251 e. The minimum Gasteiger partial charge on any atom is -0.490 e. The second-order valence-electron chi connectivity index (χ2n) is 10.4. The van der Waals surface area contributed by atoms with Gasteiger partial charge in [0.1, 0.15) is 11.9 Å². The second kappa shape index (κ2) is 11.6. The molecule has 0 aliphatic carbocycles. The molecule has 1 fully saturated rings. The average molecular weight is 499 g/mol. The van der Waals surface area contributed by atoms with Gasteiger partial charge in [-0.05, 0) is 86.3 Å². The number of ether oxygens (including phenoxy) is 1. The molecule has 0 spiro atoms. The van der Waals surface area contributed by atoms with Gasteiger partial charge >= 0.3 is 0 Å². The number of nitrogens with two attached hydrogens (primary N) is 1. The van der Waals surface area contributed by atoms with Crippen molar-refractivity contribution in [1.82, 2.24) is 10.2 Å². The van der Waals surface area contributed by atoms with Crippen molar-refractivity contribution >= 4 is 17.3 Å². The van der Waals surface area contributed by atoms with Crippen molar-refractivity contribution in [3.05, 3.63) is 94.5 Å². The molecule has 1 aliphatic heterocycles. The van der Waals surface area contributed by atoms with E-state index in [-0.39, 0.29) is 29.7 Å². The molecule has 4 N–H and O–H groups in total. The summed E-state index contributed by atoms with van der Waals surface area (Å²) in [5, 5.41) is 12.0. The fourth-order valence-corrected chi connectivity index (χ4v) is 4.83. The third-order valence-electron chi connectivity index (χ3n) is 7.17. The zero-order chi connectivity index (χ0) is 26.5. The number of likely N-dealkylation sites (tertiary alicyclic amines) is 1.